The molecule has 0 radical (unpaired) electrons. The molecule has 25 heavy (non-hydrogen) atoms. The summed E-state index contributed by atoms with van der Waals surface area (Å²) in [4.78, 5) is 11.8. The van der Waals surface area contributed by atoms with E-state index in [2.05, 4.69) is 5.32 Å². The van der Waals surface area contributed by atoms with Crippen molar-refractivity contribution < 1.29 is 9.90 Å². The van der Waals surface area contributed by atoms with Gasteiger partial charge in [-0.3, -0.25) is 10.1 Å². The molecule has 0 bridgehead atoms. The Morgan fingerprint density at radius 1 is 0.920 bits per heavy atom. The van der Waals surface area contributed by atoms with E-state index in [1.807, 2.05) is 72.8 Å². The van der Waals surface area contributed by atoms with Gasteiger partial charge >= 0.3 is 0 Å². The number of carbonyl (C=O) groups is 1. The van der Waals surface area contributed by atoms with E-state index in [4.69, 9.17) is 5.73 Å². The van der Waals surface area contributed by atoms with Crippen LogP contribution < -0.4 is 11.1 Å². The molecule has 0 fully saturated rings. The monoisotopic (exact) mass is 332 g/mol. The fourth-order valence-electron chi connectivity index (χ4n) is 2.78. The lowest BCUT2D eigenvalue weighted by Crippen LogP contribution is -2.33. The third-order valence-corrected chi connectivity index (χ3v) is 4.10. The van der Waals surface area contributed by atoms with Gasteiger partial charge in [0, 0.05) is 12.1 Å². The number of phenols is 1. The zero-order valence-corrected chi connectivity index (χ0v) is 13.7. The minimum atomic E-state index is -0.610. The molecule has 3 aromatic carbocycles. The van der Waals surface area contributed by atoms with Gasteiger partial charge in [0.05, 0.1) is 0 Å². The normalized spacial score (nSPS) is 11.8. The molecule has 0 aliphatic heterocycles. The van der Waals surface area contributed by atoms with Crippen LogP contribution in [0.1, 0.15) is 17.2 Å². The smallest absolute Gasteiger partial charge is 0.239 e. The molecule has 1 atom stereocenters. The van der Waals surface area contributed by atoms with Gasteiger partial charge in [-0.1, -0.05) is 66.7 Å². The average molecular weight is 332 g/mol. The number of aromatic hydroxyl groups is 1. The molecule has 0 aliphatic rings. The molecule has 4 N–H and O–H groups in total. The number of phenolic OH excluding ortho intramolecular Hbond substituents is 1. The summed E-state index contributed by atoms with van der Waals surface area (Å²) < 4.78 is 0. The molecular weight excluding hydrogens is 312 g/mol. The van der Waals surface area contributed by atoms with Gasteiger partial charge in [0.1, 0.15) is 11.8 Å². The maximum absolute atomic E-state index is 11.8. The van der Waals surface area contributed by atoms with Crippen LogP contribution >= 0.6 is 0 Å². The predicted octanol–water partition coefficient (Wildman–Crippen LogP) is 3.38. The van der Waals surface area contributed by atoms with E-state index in [1.165, 1.54) is 0 Å². The van der Waals surface area contributed by atoms with Gasteiger partial charge in [0.2, 0.25) is 5.91 Å². The van der Waals surface area contributed by atoms with Crippen LogP contribution in [0.4, 0.5) is 0 Å². The highest BCUT2D eigenvalue weighted by atomic mass is 16.3. The van der Waals surface area contributed by atoms with Crippen molar-refractivity contribution in [2.45, 2.75) is 12.6 Å². The lowest BCUT2D eigenvalue weighted by atomic mass is 10.0. The summed E-state index contributed by atoms with van der Waals surface area (Å²) in [6.45, 7) is 0.328. The third-order valence-electron chi connectivity index (χ3n) is 4.10. The van der Waals surface area contributed by atoms with E-state index in [-0.39, 0.29) is 5.75 Å². The predicted molar refractivity (Wildman–Crippen MR) is 98.8 cm³/mol. The van der Waals surface area contributed by atoms with Crippen LogP contribution in [0.5, 0.6) is 5.75 Å². The summed E-state index contributed by atoms with van der Waals surface area (Å²) in [5.74, 6) is -0.270. The van der Waals surface area contributed by atoms with Gasteiger partial charge in [-0.2, -0.15) is 0 Å². The Bertz CT molecular complexity index is 848. The van der Waals surface area contributed by atoms with Gasteiger partial charge in [0.15, 0.2) is 0 Å². The van der Waals surface area contributed by atoms with E-state index in [0.717, 1.165) is 16.7 Å². The molecule has 0 spiro atoms. The molecule has 126 valence electrons. The second kappa shape index (κ2) is 7.64. The quantitative estimate of drug-likeness (QED) is 0.648. The minimum absolute atomic E-state index is 0.184. The molecule has 0 saturated heterocycles. The topological polar surface area (TPSA) is 75.4 Å². The highest BCUT2D eigenvalue weighted by Gasteiger charge is 2.17. The number of hydrogen-bond acceptors (Lipinski definition) is 3. The Morgan fingerprint density at radius 2 is 1.56 bits per heavy atom. The van der Waals surface area contributed by atoms with Gasteiger partial charge < -0.3 is 10.8 Å². The van der Waals surface area contributed by atoms with E-state index in [1.54, 1.807) is 6.07 Å². The number of nitrogens with one attached hydrogen (secondary N) is 1. The van der Waals surface area contributed by atoms with Crippen molar-refractivity contribution in [3.63, 3.8) is 0 Å². The van der Waals surface area contributed by atoms with Crippen molar-refractivity contribution in [1.29, 1.82) is 0 Å². The minimum Gasteiger partial charge on any atom is -0.508 e. The highest BCUT2D eigenvalue weighted by Crippen LogP contribution is 2.26. The first kappa shape index (κ1) is 16.7. The largest absolute Gasteiger partial charge is 0.508 e. The number of amides is 1. The third kappa shape index (κ3) is 4.05. The van der Waals surface area contributed by atoms with Crippen molar-refractivity contribution in [2.24, 2.45) is 5.73 Å². The van der Waals surface area contributed by atoms with E-state index >= 15 is 0 Å². The molecule has 4 nitrogen and oxygen atoms in total. The summed E-state index contributed by atoms with van der Waals surface area (Å²) in [5, 5.41) is 13.3. The molecule has 3 rings (SSSR count). The van der Waals surface area contributed by atoms with Crippen molar-refractivity contribution in [1.82, 2.24) is 5.32 Å². The summed E-state index contributed by atoms with van der Waals surface area (Å²) in [6, 6.07) is 24.1. The Balaban J connectivity index is 1.81. The summed E-state index contributed by atoms with van der Waals surface area (Å²) in [7, 11) is 0. The van der Waals surface area contributed by atoms with Gasteiger partial charge in [0.25, 0.3) is 0 Å². The molecule has 0 aromatic heterocycles. The Labute approximate surface area is 146 Å². The second-order valence-electron chi connectivity index (χ2n) is 5.84. The van der Waals surface area contributed by atoms with Crippen LogP contribution in [0.2, 0.25) is 0 Å². The first-order valence-electron chi connectivity index (χ1n) is 8.10. The zero-order valence-electron chi connectivity index (χ0n) is 13.7. The molecule has 0 unspecified atom stereocenters. The van der Waals surface area contributed by atoms with E-state index < -0.39 is 11.9 Å². The van der Waals surface area contributed by atoms with Crippen LogP contribution in [0, 0.1) is 0 Å². The standard InChI is InChI=1S/C21H20N2O2/c22-21(25)20(16-9-5-2-6-10-16)23-14-18-13-17(11-12-19(18)24)15-7-3-1-4-8-15/h1-13,20,23-24H,14H2,(H2,22,25)/t20-/m1/s1. The molecule has 4 heteroatoms. The highest BCUT2D eigenvalue weighted by molar-refractivity contribution is 5.81. The van der Waals surface area contributed by atoms with Crippen LogP contribution in [0.3, 0.4) is 0 Å². The fourth-order valence-corrected chi connectivity index (χ4v) is 2.78. The Hall–Kier alpha value is -3.11. The number of benzene rings is 3. The number of primary amides is 1. The van der Waals surface area contributed by atoms with Crippen LogP contribution in [0.15, 0.2) is 78.9 Å². The first-order chi connectivity index (χ1) is 12.1. The number of carbonyl (C=O) groups excluding carboxylic acids is 1. The summed E-state index contributed by atoms with van der Waals surface area (Å²) >= 11 is 0. The summed E-state index contributed by atoms with van der Waals surface area (Å²) in [6.07, 6.45) is 0. The van der Waals surface area contributed by atoms with Crippen LogP contribution in [-0.2, 0) is 11.3 Å². The fraction of sp³-hybridized carbons (Fsp3) is 0.0952. The molecule has 3 aromatic rings. The van der Waals surface area contributed by atoms with E-state index in [9.17, 15) is 9.90 Å². The number of rotatable bonds is 6. The second-order valence-corrected chi connectivity index (χ2v) is 5.84. The van der Waals surface area contributed by atoms with Crippen molar-refractivity contribution in [2.75, 3.05) is 0 Å². The molecule has 0 heterocycles. The Kier molecular flexibility index (Phi) is 5.11. The number of nitrogens with two attached hydrogens (primary N) is 1. The summed E-state index contributed by atoms with van der Waals surface area (Å²) in [5.41, 5.74) is 9.11. The Morgan fingerprint density at radius 3 is 2.20 bits per heavy atom. The van der Waals surface area contributed by atoms with E-state index in [0.29, 0.717) is 12.1 Å². The maximum Gasteiger partial charge on any atom is 0.239 e. The zero-order chi connectivity index (χ0) is 17.6. The van der Waals surface area contributed by atoms with Crippen molar-refractivity contribution in [3.05, 3.63) is 90.0 Å². The SMILES string of the molecule is NC(=O)[C@H](NCc1cc(-c2ccccc2)ccc1O)c1ccccc1. The first-order valence-corrected chi connectivity index (χ1v) is 8.10. The molecule has 0 aliphatic carbocycles. The van der Waals surface area contributed by atoms with Crippen LogP contribution in [-0.4, -0.2) is 11.0 Å². The van der Waals surface area contributed by atoms with Crippen molar-refractivity contribution >= 4 is 5.91 Å². The lowest BCUT2D eigenvalue weighted by Gasteiger charge is -2.17. The molecular formula is C21H20N2O2. The van der Waals surface area contributed by atoms with Gasteiger partial charge in [-0.05, 0) is 28.8 Å². The van der Waals surface area contributed by atoms with Crippen LogP contribution in [0.25, 0.3) is 11.1 Å². The molecule has 0 saturated carbocycles. The number of hydrogen-bond donors (Lipinski definition) is 3. The van der Waals surface area contributed by atoms with Gasteiger partial charge in [-0.25, -0.2) is 0 Å². The maximum atomic E-state index is 11.8. The van der Waals surface area contributed by atoms with Gasteiger partial charge in [-0.15, -0.1) is 0 Å². The lowest BCUT2D eigenvalue weighted by molar-refractivity contribution is -0.120. The average Bonchev–Trinajstić information content (AvgIpc) is 2.64. The molecule has 1 amide bonds. The van der Waals surface area contributed by atoms with Crippen molar-refractivity contribution in [3.8, 4) is 16.9 Å².